The van der Waals surface area contributed by atoms with E-state index >= 15 is 0 Å². The number of amides is 3. The number of hydrogen-bond acceptors (Lipinski definition) is 4. The van der Waals surface area contributed by atoms with Gasteiger partial charge in [-0.3, -0.25) is 14.7 Å². The molecule has 3 rings (SSSR count). The van der Waals surface area contributed by atoms with E-state index in [1.807, 2.05) is 6.07 Å². The molecule has 2 aliphatic heterocycles. The highest BCUT2D eigenvalue weighted by Gasteiger charge is 2.51. The zero-order valence-electron chi connectivity index (χ0n) is 10.9. The number of nitrogens with zero attached hydrogens (tertiary/aromatic N) is 2. The van der Waals surface area contributed by atoms with Gasteiger partial charge in [-0.1, -0.05) is 0 Å². The Labute approximate surface area is 125 Å². The van der Waals surface area contributed by atoms with Crippen molar-refractivity contribution in [2.45, 2.75) is 24.9 Å². The highest BCUT2D eigenvalue weighted by Crippen LogP contribution is 2.26. The second-order valence-corrected chi connectivity index (χ2v) is 6.07. The number of piperidine rings is 1. The molecule has 1 unspecified atom stereocenters. The lowest BCUT2D eigenvalue weighted by Crippen LogP contribution is -2.57. The molecule has 106 valence electrons. The van der Waals surface area contributed by atoms with Gasteiger partial charge < -0.3 is 10.6 Å². The molecule has 20 heavy (non-hydrogen) atoms. The summed E-state index contributed by atoms with van der Waals surface area (Å²) in [5.41, 5.74) is -0.0671. The van der Waals surface area contributed by atoms with E-state index in [-0.39, 0.29) is 18.5 Å². The molecule has 0 aromatic carbocycles. The molecule has 2 aliphatic rings. The molecule has 1 spiro atoms. The average Bonchev–Trinajstić information content (AvgIpc) is 2.67. The van der Waals surface area contributed by atoms with Crippen LogP contribution in [0.3, 0.4) is 0 Å². The molecule has 0 radical (unpaired) electrons. The quantitative estimate of drug-likeness (QED) is 0.789. The van der Waals surface area contributed by atoms with Crippen molar-refractivity contribution >= 4 is 27.9 Å². The van der Waals surface area contributed by atoms with Crippen LogP contribution >= 0.6 is 15.9 Å². The SMILES string of the molecule is O=C1NC2(CCCNC2)C(=O)N1Cc1ccc(Br)cn1. The molecule has 6 nitrogen and oxygen atoms in total. The third-order valence-corrected chi connectivity index (χ3v) is 4.21. The van der Waals surface area contributed by atoms with Crippen LogP contribution in [-0.4, -0.2) is 40.5 Å². The Kier molecular flexibility index (Phi) is 3.47. The number of urea groups is 1. The van der Waals surface area contributed by atoms with Crippen molar-refractivity contribution in [2.24, 2.45) is 0 Å². The van der Waals surface area contributed by atoms with Gasteiger partial charge in [0.1, 0.15) is 5.54 Å². The highest BCUT2D eigenvalue weighted by molar-refractivity contribution is 9.10. The van der Waals surface area contributed by atoms with Gasteiger partial charge in [0, 0.05) is 17.2 Å². The lowest BCUT2D eigenvalue weighted by atomic mass is 9.90. The molecule has 0 aliphatic carbocycles. The van der Waals surface area contributed by atoms with Gasteiger partial charge in [0.2, 0.25) is 0 Å². The molecule has 3 heterocycles. The number of halogens is 1. The highest BCUT2D eigenvalue weighted by atomic mass is 79.9. The Balaban J connectivity index is 1.78. The van der Waals surface area contributed by atoms with Gasteiger partial charge in [-0.15, -0.1) is 0 Å². The van der Waals surface area contributed by atoms with Crippen molar-refractivity contribution in [2.75, 3.05) is 13.1 Å². The summed E-state index contributed by atoms with van der Waals surface area (Å²) in [4.78, 5) is 30.0. The Bertz CT molecular complexity index is 540. The summed E-state index contributed by atoms with van der Waals surface area (Å²) in [6.45, 7) is 1.60. The van der Waals surface area contributed by atoms with Crippen molar-refractivity contribution in [1.29, 1.82) is 0 Å². The molecule has 0 bridgehead atoms. The van der Waals surface area contributed by atoms with Crippen LogP contribution in [0.25, 0.3) is 0 Å². The van der Waals surface area contributed by atoms with Crippen LogP contribution in [0.4, 0.5) is 4.79 Å². The average molecular weight is 339 g/mol. The van der Waals surface area contributed by atoms with E-state index < -0.39 is 5.54 Å². The Morgan fingerprint density at radius 1 is 1.40 bits per heavy atom. The third-order valence-electron chi connectivity index (χ3n) is 3.74. The van der Waals surface area contributed by atoms with Gasteiger partial charge in [-0.25, -0.2) is 4.79 Å². The van der Waals surface area contributed by atoms with E-state index in [1.165, 1.54) is 4.90 Å². The maximum atomic E-state index is 12.5. The van der Waals surface area contributed by atoms with Crippen LogP contribution in [0.1, 0.15) is 18.5 Å². The van der Waals surface area contributed by atoms with E-state index in [1.54, 1.807) is 12.3 Å². The Morgan fingerprint density at radius 3 is 2.90 bits per heavy atom. The second kappa shape index (κ2) is 5.14. The summed E-state index contributed by atoms with van der Waals surface area (Å²) in [5.74, 6) is -0.153. The topological polar surface area (TPSA) is 74.3 Å². The lowest BCUT2D eigenvalue weighted by Gasteiger charge is -2.31. The van der Waals surface area contributed by atoms with Crippen LogP contribution < -0.4 is 10.6 Å². The normalized spacial score (nSPS) is 26.1. The van der Waals surface area contributed by atoms with Crippen molar-refractivity contribution in [3.63, 3.8) is 0 Å². The summed E-state index contributed by atoms with van der Waals surface area (Å²) in [5, 5.41) is 6.01. The molecule has 3 amide bonds. The molecule has 1 aromatic heterocycles. The fourth-order valence-electron chi connectivity index (χ4n) is 2.68. The number of aromatic nitrogens is 1. The second-order valence-electron chi connectivity index (χ2n) is 5.15. The molecular formula is C13H15BrN4O2. The number of nitrogens with one attached hydrogen (secondary N) is 2. The number of carbonyl (C=O) groups is 2. The molecule has 1 atom stereocenters. The maximum Gasteiger partial charge on any atom is 0.325 e. The molecule has 7 heteroatoms. The van der Waals surface area contributed by atoms with Crippen LogP contribution in [0.2, 0.25) is 0 Å². The fourth-order valence-corrected chi connectivity index (χ4v) is 2.91. The van der Waals surface area contributed by atoms with Crippen molar-refractivity contribution in [3.8, 4) is 0 Å². The van der Waals surface area contributed by atoms with Crippen LogP contribution in [0.5, 0.6) is 0 Å². The molecule has 2 fully saturated rings. The van der Waals surface area contributed by atoms with Crippen LogP contribution in [-0.2, 0) is 11.3 Å². The minimum atomic E-state index is -0.759. The van der Waals surface area contributed by atoms with Gasteiger partial charge >= 0.3 is 6.03 Å². The number of hydrogen-bond donors (Lipinski definition) is 2. The first-order valence-corrected chi connectivity index (χ1v) is 7.35. The molecule has 2 saturated heterocycles. The zero-order valence-corrected chi connectivity index (χ0v) is 12.4. The van der Waals surface area contributed by atoms with E-state index in [4.69, 9.17) is 0 Å². The monoisotopic (exact) mass is 338 g/mol. The number of pyridine rings is 1. The standard InChI is InChI=1S/C13H15BrN4O2/c14-9-2-3-10(16-6-9)7-18-11(19)13(17-12(18)20)4-1-5-15-8-13/h2-3,6,15H,1,4-5,7-8H2,(H,17,20). The summed E-state index contributed by atoms with van der Waals surface area (Å²) in [6.07, 6.45) is 3.23. The van der Waals surface area contributed by atoms with E-state index in [0.717, 1.165) is 17.4 Å². The van der Waals surface area contributed by atoms with E-state index in [9.17, 15) is 9.59 Å². The largest absolute Gasteiger partial charge is 0.325 e. The minimum absolute atomic E-state index is 0.153. The molecule has 1 aromatic rings. The summed E-state index contributed by atoms with van der Waals surface area (Å²) in [6, 6.07) is 3.32. The number of rotatable bonds is 2. The minimum Gasteiger partial charge on any atom is -0.322 e. The summed E-state index contributed by atoms with van der Waals surface area (Å²) >= 11 is 3.31. The predicted molar refractivity (Wildman–Crippen MR) is 75.9 cm³/mol. The fraction of sp³-hybridized carbons (Fsp3) is 0.462. The van der Waals surface area contributed by atoms with Gasteiger partial charge in [-0.05, 0) is 47.4 Å². The molecule has 0 saturated carbocycles. The van der Waals surface area contributed by atoms with Gasteiger partial charge in [0.25, 0.3) is 5.91 Å². The van der Waals surface area contributed by atoms with E-state index in [2.05, 4.69) is 31.5 Å². The molecular weight excluding hydrogens is 324 g/mol. The van der Waals surface area contributed by atoms with Crippen molar-refractivity contribution < 1.29 is 9.59 Å². The van der Waals surface area contributed by atoms with Gasteiger partial charge in [0.15, 0.2) is 0 Å². The predicted octanol–water partition coefficient (Wildman–Crippen LogP) is 1.02. The smallest absolute Gasteiger partial charge is 0.322 e. The van der Waals surface area contributed by atoms with Crippen molar-refractivity contribution in [3.05, 3.63) is 28.5 Å². The first-order valence-electron chi connectivity index (χ1n) is 6.56. The van der Waals surface area contributed by atoms with E-state index in [0.29, 0.717) is 18.7 Å². The van der Waals surface area contributed by atoms with Crippen molar-refractivity contribution in [1.82, 2.24) is 20.5 Å². The van der Waals surface area contributed by atoms with Crippen LogP contribution in [0, 0.1) is 0 Å². The number of carbonyl (C=O) groups excluding carboxylic acids is 2. The lowest BCUT2D eigenvalue weighted by molar-refractivity contribution is -0.132. The maximum absolute atomic E-state index is 12.5. The number of imide groups is 1. The first kappa shape index (κ1) is 13.5. The summed E-state index contributed by atoms with van der Waals surface area (Å²) in [7, 11) is 0. The zero-order chi connectivity index (χ0) is 14.2. The van der Waals surface area contributed by atoms with Gasteiger partial charge in [0.05, 0.1) is 12.2 Å². The third kappa shape index (κ3) is 2.31. The first-order chi connectivity index (χ1) is 9.61. The Morgan fingerprint density at radius 2 is 2.25 bits per heavy atom. The van der Waals surface area contributed by atoms with Gasteiger partial charge in [-0.2, -0.15) is 0 Å². The summed E-state index contributed by atoms with van der Waals surface area (Å²) < 4.78 is 0.867. The molecule has 2 N–H and O–H groups in total. The van der Waals surface area contributed by atoms with Crippen LogP contribution in [0.15, 0.2) is 22.8 Å². The Hall–Kier alpha value is -1.47.